The summed E-state index contributed by atoms with van der Waals surface area (Å²) in [5.74, 6) is -6.03. The van der Waals surface area contributed by atoms with Gasteiger partial charge in [-0.2, -0.15) is 0 Å². The number of rotatable bonds is 17. The molecule has 0 spiro atoms. The first-order valence-electron chi connectivity index (χ1n) is 13.1. The van der Waals surface area contributed by atoms with Crippen molar-refractivity contribution in [2.75, 3.05) is 0 Å². The zero-order chi connectivity index (χ0) is 31.2. The van der Waals surface area contributed by atoms with Crippen molar-refractivity contribution in [3.05, 3.63) is 65.7 Å². The summed E-state index contributed by atoms with van der Waals surface area (Å²) in [6, 6.07) is 9.18. The number of hydrogen-bond acceptors (Lipinski definition) is 8. The van der Waals surface area contributed by atoms with Crippen molar-refractivity contribution in [2.45, 2.75) is 62.7 Å². The third-order valence-electron chi connectivity index (χ3n) is 6.22. The molecule has 2 aromatic carbocycles. The van der Waals surface area contributed by atoms with Crippen molar-refractivity contribution in [1.29, 1.82) is 0 Å². The first-order chi connectivity index (χ1) is 19.8. The van der Waals surface area contributed by atoms with Gasteiger partial charge in [-0.25, -0.2) is 4.79 Å². The number of phenolic OH excluding ortho intramolecular Hbond substituents is 1. The lowest BCUT2D eigenvalue weighted by atomic mass is 10.0. The number of aromatic hydroxyl groups is 1. The van der Waals surface area contributed by atoms with Gasteiger partial charge in [-0.05, 0) is 42.5 Å². The van der Waals surface area contributed by atoms with Crippen LogP contribution in [-0.2, 0) is 41.6 Å². The number of benzene rings is 2. The monoisotopic (exact) mass is 585 g/mol. The van der Waals surface area contributed by atoms with Crippen molar-refractivity contribution >= 4 is 35.6 Å². The summed E-state index contributed by atoms with van der Waals surface area (Å²) in [7, 11) is 0. The summed E-state index contributed by atoms with van der Waals surface area (Å²) >= 11 is 0. The van der Waals surface area contributed by atoms with Crippen LogP contribution >= 0.6 is 0 Å². The van der Waals surface area contributed by atoms with Crippen LogP contribution in [0.4, 0.5) is 0 Å². The van der Waals surface area contributed by atoms with E-state index in [1.54, 1.807) is 30.3 Å². The zero-order valence-electron chi connectivity index (χ0n) is 22.7. The average molecular weight is 586 g/mol. The van der Waals surface area contributed by atoms with Gasteiger partial charge in [0.15, 0.2) is 0 Å². The zero-order valence-corrected chi connectivity index (χ0v) is 22.7. The third kappa shape index (κ3) is 11.6. The van der Waals surface area contributed by atoms with Crippen molar-refractivity contribution in [3.8, 4) is 5.75 Å². The van der Waals surface area contributed by atoms with E-state index >= 15 is 0 Å². The van der Waals surface area contributed by atoms with Crippen molar-refractivity contribution in [1.82, 2.24) is 16.0 Å². The molecule has 4 amide bonds. The minimum absolute atomic E-state index is 0.0514. The topological polar surface area (TPSA) is 251 Å². The number of hydrogen-bond donors (Lipinski definition) is 8. The number of phenols is 1. The Morgan fingerprint density at radius 2 is 1.19 bits per heavy atom. The van der Waals surface area contributed by atoms with Crippen molar-refractivity contribution in [3.63, 3.8) is 0 Å². The smallest absolute Gasteiger partial charge is 0.326 e. The van der Waals surface area contributed by atoms with Gasteiger partial charge in [-0.3, -0.25) is 24.0 Å². The second kappa shape index (κ2) is 16.3. The maximum Gasteiger partial charge on any atom is 0.326 e. The molecule has 42 heavy (non-hydrogen) atoms. The Labute approximate surface area is 241 Å². The van der Waals surface area contributed by atoms with Crippen LogP contribution in [0, 0.1) is 0 Å². The lowest BCUT2D eigenvalue weighted by Crippen LogP contribution is -2.57. The third-order valence-corrected chi connectivity index (χ3v) is 6.22. The number of carbonyl (C=O) groups excluding carboxylic acids is 4. The summed E-state index contributed by atoms with van der Waals surface area (Å²) in [6.07, 6.45) is -1.45. The van der Waals surface area contributed by atoms with Gasteiger partial charge in [-0.15, -0.1) is 0 Å². The molecule has 4 atom stereocenters. The maximum absolute atomic E-state index is 13.3. The second-order valence-corrected chi connectivity index (χ2v) is 9.63. The highest BCUT2D eigenvalue weighted by molar-refractivity contribution is 5.94. The molecule has 0 fully saturated rings. The fraction of sp³-hybridized carbons (Fsp3) is 0.357. The van der Waals surface area contributed by atoms with Crippen LogP contribution in [0.5, 0.6) is 5.75 Å². The number of aliphatic carboxylic acids is 2. The fourth-order valence-corrected chi connectivity index (χ4v) is 3.94. The van der Waals surface area contributed by atoms with Gasteiger partial charge < -0.3 is 42.7 Å². The maximum atomic E-state index is 13.3. The molecule has 0 aromatic heterocycles. The molecule has 0 heterocycles. The molecule has 0 aliphatic rings. The van der Waals surface area contributed by atoms with Crippen LogP contribution in [0.3, 0.4) is 0 Å². The molecule has 2 aromatic rings. The Morgan fingerprint density at radius 3 is 1.76 bits per heavy atom. The number of nitrogens with two attached hydrogens (primary N) is 2. The predicted molar refractivity (Wildman–Crippen MR) is 149 cm³/mol. The van der Waals surface area contributed by atoms with Gasteiger partial charge in [0.05, 0.1) is 6.04 Å². The normalized spacial score (nSPS) is 13.5. The summed E-state index contributed by atoms with van der Waals surface area (Å²) in [6.45, 7) is 0. The largest absolute Gasteiger partial charge is 0.508 e. The Hall–Kier alpha value is -4.98. The van der Waals surface area contributed by atoms with Crippen molar-refractivity contribution < 1.29 is 44.1 Å². The first-order valence-corrected chi connectivity index (χ1v) is 13.1. The summed E-state index contributed by atoms with van der Waals surface area (Å²) < 4.78 is 0. The number of carboxylic acid groups (broad SMARTS) is 2. The number of primary amides is 1. The van der Waals surface area contributed by atoms with Crippen LogP contribution in [0.2, 0.25) is 0 Å². The first kappa shape index (κ1) is 33.2. The van der Waals surface area contributed by atoms with Gasteiger partial charge in [0.2, 0.25) is 23.6 Å². The standard InChI is InChI=1S/C28H35N5O9/c29-19(14-16-4-2-1-3-5-16)25(38)31-20(11-13-24(36)37)26(39)33-22(15-17-6-8-18(34)9-7-17)27(40)32-21(28(41)42)10-12-23(30)35/h1-9,19-22,34H,10-15,29H2,(H2,30,35)(H,31,38)(H,32,40)(H,33,39)(H,36,37)(H,41,42). The molecule has 4 unspecified atom stereocenters. The van der Waals surface area contributed by atoms with E-state index in [-0.39, 0.29) is 37.9 Å². The number of amides is 4. The molecular weight excluding hydrogens is 550 g/mol. The van der Waals surface area contributed by atoms with Crippen LogP contribution in [-0.4, -0.2) is 75.1 Å². The van der Waals surface area contributed by atoms with Gasteiger partial charge in [0.1, 0.15) is 23.9 Å². The highest BCUT2D eigenvalue weighted by Gasteiger charge is 2.31. The molecule has 0 aliphatic heterocycles. The molecule has 0 aliphatic carbocycles. The summed E-state index contributed by atoms with van der Waals surface area (Å²) in [5.41, 5.74) is 12.4. The average Bonchev–Trinajstić information content (AvgIpc) is 2.93. The van der Waals surface area contributed by atoms with E-state index in [4.69, 9.17) is 16.6 Å². The van der Waals surface area contributed by atoms with Gasteiger partial charge in [0, 0.05) is 19.3 Å². The van der Waals surface area contributed by atoms with E-state index in [9.17, 15) is 39.0 Å². The van der Waals surface area contributed by atoms with Crippen LogP contribution in [0.1, 0.15) is 36.8 Å². The lowest BCUT2D eigenvalue weighted by Gasteiger charge is -2.25. The van der Waals surface area contributed by atoms with Gasteiger partial charge in [-0.1, -0.05) is 42.5 Å². The molecule has 10 N–H and O–H groups in total. The SMILES string of the molecule is NC(=O)CCC(NC(=O)C(Cc1ccc(O)cc1)NC(=O)C(CCC(=O)O)NC(=O)C(N)Cc1ccccc1)C(=O)O. The number of nitrogens with one attached hydrogen (secondary N) is 3. The Kier molecular flexibility index (Phi) is 12.9. The lowest BCUT2D eigenvalue weighted by molar-refractivity contribution is -0.142. The molecule has 0 radical (unpaired) electrons. The van der Waals surface area contributed by atoms with Crippen LogP contribution in [0.15, 0.2) is 54.6 Å². The van der Waals surface area contributed by atoms with Crippen LogP contribution < -0.4 is 27.4 Å². The molecule has 0 saturated heterocycles. The second-order valence-electron chi connectivity index (χ2n) is 9.63. The molecule has 226 valence electrons. The predicted octanol–water partition coefficient (Wildman–Crippen LogP) is -0.826. The quantitative estimate of drug-likeness (QED) is 0.114. The van der Waals surface area contributed by atoms with E-state index in [0.717, 1.165) is 5.56 Å². The Bertz CT molecular complexity index is 1250. The minimum atomic E-state index is -1.50. The van der Waals surface area contributed by atoms with E-state index in [1.165, 1.54) is 24.3 Å². The van der Waals surface area contributed by atoms with E-state index in [1.807, 2.05) is 0 Å². The number of carboxylic acids is 2. The van der Waals surface area contributed by atoms with Crippen molar-refractivity contribution in [2.24, 2.45) is 11.5 Å². The molecule has 14 heteroatoms. The fourth-order valence-electron chi connectivity index (χ4n) is 3.94. The highest BCUT2D eigenvalue weighted by atomic mass is 16.4. The summed E-state index contributed by atoms with van der Waals surface area (Å²) in [4.78, 5) is 73.4. The molecule has 0 saturated carbocycles. The van der Waals surface area contributed by atoms with E-state index < -0.39 is 66.2 Å². The Morgan fingerprint density at radius 1 is 0.667 bits per heavy atom. The molecule has 0 bridgehead atoms. The van der Waals surface area contributed by atoms with E-state index in [0.29, 0.717) is 5.56 Å². The van der Waals surface area contributed by atoms with Crippen LogP contribution in [0.25, 0.3) is 0 Å². The minimum Gasteiger partial charge on any atom is -0.508 e. The molecular formula is C28H35N5O9. The molecule has 2 rings (SSSR count). The molecule has 14 nitrogen and oxygen atoms in total. The van der Waals surface area contributed by atoms with Gasteiger partial charge >= 0.3 is 11.9 Å². The number of carbonyl (C=O) groups is 6. The van der Waals surface area contributed by atoms with Gasteiger partial charge in [0.25, 0.3) is 0 Å². The highest BCUT2D eigenvalue weighted by Crippen LogP contribution is 2.13. The van der Waals surface area contributed by atoms with E-state index in [2.05, 4.69) is 16.0 Å². The Balaban J connectivity index is 2.24. The summed E-state index contributed by atoms with van der Waals surface area (Å²) in [5, 5.41) is 35.4.